The average Bonchev–Trinajstić information content (AvgIpc) is 2.42. The summed E-state index contributed by atoms with van der Waals surface area (Å²) in [5, 5.41) is 17.8. The molecule has 0 radical (unpaired) electrons. The van der Waals surface area contributed by atoms with Gasteiger partial charge in [-0.3, -0.25) is 9.59 Å². The highest BCUT2D eigenvalue weighted by atomic mass is 16.5. The molecule has 0 bridgehead atoms. The Morgan fingerprint density at radius 1 is 1.45 bits per heavy atom. The summed E-state index contributed by atoms with van der Waals surface area (Å²) in [6, 6.07) is 6.81. The number of aromatic nitrogens is 3. The molecule has 2 rings (SSSR count). The van der Waals surface area contributed by atoms with Crippen LogP contribution >= 0.6 is 0 Å². The molecule has 1 N–H and O–H groups in total. The first-order valence-corrected chi connectivity index (χ1v) is 6.28. The Balaban J connectivity index is 2.16. The molecule has 0 saturated heterocycles. The van der Waals surface area contributed by atoms with Crippen molar-refractivity contribution >= 4 is 16.9 Å². The van der Waals surface area contributed by atoms with Crippen LogP contribution in [0.15, 0.2) is 29.1 Å². The molecule has 0 fully saturated rings. The van der Waals surface area contributed by atoms with Gasteiger partial charge in [0, 0.05) is 0 Å². The minimum atomic E-state index is -1.04. The fraction of sp³-hybridized carbons (Fsp3) is 0.385. The molecule has 1 heterocycles. The first kappa shape index (κ1) is 14.1. The van der Waals surface area contributed by atoms with Crippen molar-refractivity contribution in [2.75, 3.05) is 6.61 Å². The summed E-state index contributed by atoms with van der Waals surface area (Å²) in [7, 11) is 0. The van der Waals surface area contributed by atoms with E-state index in [0.29, 0.717) is 10.9 Å². The van der Waals surface area contributed by atoms with Crippen LogP contribution in [0.1, 0.15) is 13.3 Å². The summed E-state index contributed by atoms with van der Waals surface area (Å²) in [5.41, 5.74) is 0.146. The van der Waals surface area contributed by atoms with Gasteiger partial charge in [0.25, 0.3) is 5.56 Å². The lowest BCUT2D eigenvalue weighted by Gasteiger charge is -2.10. The molecule has 1 unspecified atom stereocenters. The summed E-state index contributed by atoms with van der Waals surface area (Å²) in [6.07, 6.45) is -1.23. The highest BCUT2D eigenvalue weighted by Crippen LogP contribution is 2.04. The van der Waals surface area contributed by atoms with Crippen molar-refractivity contribution in [2.24, 2.45) is 0 Å². The van der Waals surface area contributed by atoms with Gasteiger partial charge >= 0.3 is 5.97 Å². The lowest BCUT2D eigenvalue weighted by atomic mass is 10.2. The number of nitrogens with zero attached hydrogens (tertiary/aromatic N) is 3. The molecule has 0 saturated carbocycles. The molecular weight excluding hydrogens is 262 g/mol. The zero-order valence-corrected chi connectivity index (χ0v) is 11.0. The zero-order chi connectivity index (χ0) is 14.5. The third kappa shape index (κ3) is 3.18. The van der Waals surface area contributed by atoms with Crippen molar-refractivity contribution in [2.45, 2.75) is 26.0 Å². The van der Waals surface area contributed by atoms with Crippen molar-refractivity contribution in [3.05, 3.63) is 34.6 Å². The number of carbonyl (C=O) groups is 1. The van der Waals surface area contributed by atoms with E-state index in [1.54, 1.807) is 31.2 Å². The number of hydrogen-bond acceptors (Lipinski definition) is 6. The maximum atomic E-state index is 12.1. The van der Waals surface area contributed by atoms with Crippen molar-refractivity contribution in [3.8, 4) is 0 Å². The average molecular weight is 277 g/mol. The van der Waals surface area contributed by atoms with Crippen LogP contribution in [0.4, 0.5) is 0 Å². The van der Waals surface area contributed by atoms with Crippen LogP contribution in [0, 0.1) is 0 Å². The number of hydrogen-bond donors (Lipinski definition) is 1. The quantitative estimate of drug-likeness (QED) is 0.779. The molecular formula is C13H15N3O4. The number of aliphatic hydroxyl groups excluding tert-OH is 1. The molecule has 1 atom stereocenters. The number of rotatable bonds is 5. The topological polar surface area (TPSA) is 94.3 Å². The molecule has 0 aliphatic carbocycles. The maximum Gasteiger partial charge on any atom is 0.308 e. The van der Waals surface area contributed by atoms with Gasteiger partial charge < -0.3 is 9.84 Å². The largest absolute Gasteiger partial charge is 0.466 e. The van der Waals surface area contributed by atoms with Crippen LogP contribution in [0.5, 0.6) is 0 Å². The smallest absolute Gasteiger partial charge is 0.308 e. The molecule has 7 nitrogen and oxygen atoms in total. The molecule has 0 spiro atoms. The van der Waals surface area contributed by atoms with E-state index in [4.69, 9.17) is 4.74 Å². The predicted molar refractivity (Wildman–Crippen MR) is 71.1 cm³/mol. The summed E-state index contributed by atoms with van der Waals surface area (Å²) in [5.74, 6) is -0.512. The van der Waals surface area contributed by atoms with Gasteiger partial charge in [-0.2, -0.15) is 0 Å². The van der Waals surface area contributed by atoms with E-state index in [9.17, 15) is 14.7 Å². The molecule has 0 aliphatic heterocycles. The van der Waals surface area contributed by atoms with Gasteiger partial charge in [0.15, 0.2) is 0 Å². The third-order valence-corrected chi connectivity index (χ3v) is 2.72. The maximum absolute atomic E-state index is 12.1. The van der Waals surface area contributed by atoms with Crippen LogP contribution in [0.2, 0.25) is 0 Å². The van der Waals surface area contributed by atoms with Crippen LogP contribution in [-0.4, -0.2) is 38.8 Å². The third-order valence-electron chi connectivity index (χ3n) is 2.72. The second-order valence-electron chi connectivity index (χ2n) is 4.26. The van der Waals surface area contributed by atoms with Crippen LogP contribution in [0.3, 0.4) is 0 Å². The summed E-state index contributed by atoms with van der Waals surface area (Å²) < 4.78 is 5.78. The van der Waals surface area contributed by atoms with E-state index in [2.05, 4.69) is 10.3 Å². The second kappa shape index (κ2) is 6.25. The summed E-state index contributed by atoms with van der Waals surface area (Å²) in [4.78, 5) is 23.3. The Bertz CT molecular complexity index is 668. The molecule has 106 valence electrons. The van der Waals surface area contributed by atoms with E-state index in [1.807, 2.05) is 0 Å². The first-order valence-electron chi connectivity index (χ1n) is 6.28. The van der Waals surface area contributed by atoms with Gasteiger partial charge in [0.05, 0.1) is 31.1 Å². The van der Waals surface area contributed by atoms with E-state index in [-0.39, 0.29) is 25.1 Å². The lowest BCUT2D eigenvalue weighted by molar-refractivity contribution is -0.145. The van der Waals surface area contributed by atoms with Crippen molar-refractivity contribution < 1.29 is 14.6 Å². The van der Waals surface area contributed by atoms with E-state index in [0.717, 1.165) is 4.68 Å². The van der Waals surface area contributed by atoms with E-state index >= 15 is 0 Å². The highest BCUT2D eigenvalue weighted by Gasteiger charge is 2.14. The molecule has 1 aromatic heterocycles. The van der Waals surface area contributed by atoms with Crippen molar-refractivity contribution in [1.82, 2.24) is 15.0 Å². The first-order chi connectivity index (χ1) is 9.61. The fourth-order valence-corrected chi connectivity index (χ4v) is 1.82. The Morgan fingerprint density at radius 2 is 2.20 bits per heavy atom. The van der Waals surface area contributed by atoms with Gasteiger partial charge in [0.1, 0.15) is 5.52 Å². The molecule has 7 heteroatoms. The minimum absolute atomic E-state index is 0.102. The molecule has 1 aromatic carbocycles. The van der Waals surface area contributed by atoms with E-state index in [1.165, 1.54) is 0 Å². The molecule has 2 aromatic rings. The zero-order valence-electron chi connectivity index (χ0n) is 11.0. The standard InChI is InChI=1S/C13H15N3O4/c1-2-20-12(18)7-9(17)8-16-13(19)10-5-3-4-6-11(10)14-15-16/h3-6,9,17H,2,7-8H2,1H3. The Labute approximate surface area is 114 Å². The second-order valence-corrected chi connectivity index (χ2v) is 4.26. The lowest BCUT2D eigenvalue weighted by Crippen LogP contribution is -2.31. The number of esters is 1. The monoisotopic (exact) mass is 277 g/mol. The Kier molecular flexibility index (Phi) is 4.41. The van der Waals surface area contributed by atoms with Crippen LogP contribution in [-0.2, 0) is 16.1 Å². The predicted octanol–water partition coefficient (Wildman–Crippen LogP) is 0.106. The normalized spacial score (nSPS) is 12.3. The fourth-order valence-electron chi connectivity index (χ4n) is 1.82. The molecule has 20 heavy (non-hydrogen) atoms. The number of ether oxygens (including phenoxy) is 1. The van der Waals surface area contributed by atoms with Gasteiger partial charge in [-0.1, -0.05) is 17.3 Å². The van der Waals surface area contributed by atoms with Crippen LogP contribution in [0.25, 0.3) is 10.9 Å². The van der Waals surface area contributed by atoms with Gasteiger partial charge in [-0.25, -0.2) is 4.68 Å². The summed E-state index contributed by atoms with van der Waals surface area (Å²) >= 11 is 0. The van der Waals surface area contributed by atoms with Gasteiger partial charge in [-0.05, 0) is 19.1 Å². The van der Waals surface area contributed by atoms with Crippen molar-refractivity contribution in [3.63, 3.8) is 0 Å². The Hall–Kier alpha value is -2.28. The van der Waals surface area contributed by atoms with Gasteiger partial charge in [0.2, 0.25) is 0 Å². The number of fused-ring (bicyclic) bond motifs is 1. The summed E-state index contributed by atoms with van der Waals surface area (Å²) in [6.45, 7) is 1.83. The highest BCUT2D eigenvalue weighted by molar-refractivity contribution is 5.76. The van der Waals surface area contributed by atoms with Crippen LogP contribution < -0.4 is 5.56 Å². The number of carbonyl (C=O) groups excluding carboxylic acids is 1. The molecule has 0 aliphatic rings. The molecule has 0 amide bonds. The SMILES string of the molecule is CCOC(=O)CC(O)Cn1nnc2ccccc2c1=O. The number of benzene rings is 1. The number of aliphatic hydroxyl groups is 1. The van der Waals surface area contributed by atoms with Crippen molar-refractivity contribution in [1.29, 1.82) is 0 Å². The minimum Gasteiger partial charge on any atom is -0.466 e. The Morgan fingerprint density at radius 3 is 2.95 bits per heavy atom. The van der Waals surface area contributed by atoms with E-state index < -0.39 is 12.1 Å². The van der Waals surface area contributed by atoms with Gasteiger partial charge in [-0.15, -0.1) is 5.10 Å².